The average molecular weight is 519 g/mol. The van der Waals surface area contributed by atoms with E-state index in [0.717, 1.165) is 17.7 Å². The molecule has 2 aromatic carbocycles. The van der Waals surface area contributed by atoms with E-state index in [1.165, 1.54) is 12.1 Å². The Morgan fingerprint density at radius 2 is 1.81 bits per heavy atom. The summed E-state index contributed by atoms with van der Waals surface area (Å²) in [6.07, 6.45) is -3.27. The van der Waals surface area contributed by atoms with E-state index in [9.17, 15) is 23.1 Å². The van der Waals surface area contributed by atoms with Gasteiger partial charge < -0.3 is 15.3 Å². The summed E-state index contributed by atoms with van der Waals surface area (Å²) in [5, 5.41) is 16.7. The zero-order chi connectivity index (χ0) is 25.4. The summed E-state index contributed by atoms with van der Waals surface area (Å²) in [6.45, 7) is 1.30. The summed E-state index contributed by atoms with van der Waals surface area (Å²) < 4.78 is 40.0. The van der Waals surface area contributed by atoms with E-state index in [-0.39, 0.29) is 23.5 Å². The van der Waals surface area contributed by atoms with Crippen LogP contribution in [0.4, 0.5) is 23.7 Å². The molecule has 3 heterocycles. The summed E-state index contributed by atoms with van der Waals surface area (Å²) >= 11 is 6.26. The number of aromatic hydroxyl groups is 1. The molecule has 2 aromatic heterocycles. The van der Waals surface area contributed by atoms with Crippen LogP contribution in [0.5, 0.6) is 5.88 Å². The predicted octanol–water partition coefficient (Wildman–Crippen LogP) is 5.60. The van der Waals surface area contributed by atoms with Gasteiger partial charge in [-0.3, -0.25) is 9.78 Å². The van der Waals surface area contributed by atoms with Crippen LogP contribution in [0.2, 0.25) is 5.02 Å². The molecule has 5 rings (SSSR count). The number of nitrogens with one attached hydrogen (secondary N) is 2. The van der Waals surface area contributed by atoms with Gasteiger partial charge in [0.05, 0.1) is 12.1 Å². The van der Waals surface area contributed by atoms with Gasteiger partial charge in [0.15, 0.2) is 11.2 Å². The second-order valence-corrected chi connectivity index (χ2v) is 9.07. The molecule has 0 bridgehead atoms. The molecular weight excluding hydrogens is 497 g/mol. The molecule has 0 radical (unpaired) electrons. The third-order valence-electron chi connectivity index (χ3n) is 6.29. The fourth-order valence-corrected chi connectivity index (χ4v) is 4.46. The lowest BCUT2D eigenvalue weighted by atomic mass is 9.96. The Balaban J connectivity index is 1.22. The number of alkyl halides is 3. The third-order valence-corrected chi connectivity index (χ3v) is 6.66. The van der Waals surface area contributed by atoms with Gasteiger partial charge in [0, 0.05) is 29.7 Å². The van der Waals surface area contributed by atoms with Crippen molar-refractivity contribution in [2.45, 2.75) is 31.5 Å². The van der Waals surface area contributed by atoms with Crippen molar-refractivity contribution in [2.24, 2.45) is 0 Å². The number of amides is 2. The molecule has 0 atom stereocenters. The number of aromatic amines is 1. The van der Waals surface area contributed by atoms with Gasteiger partial charge in [-0.1, -0.05) is 29.8 Å². The van der Waals surface area contributed by atoms with Gasteiger partial charge in [0.1, 0.15) is 5.82 Å². The van der Waals surface area contributed by atoms with Crippen molar-refractivity contribution in [3.8, 4) is 5.88 Å². The zero-order valence-electron chi connectivity index (χ0n) is 18.9. The minimum atomic E-state index is -4.43. The number of carbonyl (C=O) groups is 1. The van der Waals surface area contributed by atoms with E-state index in [4.69, 9.17) is 11.6 Å². The normalized spacial score (nSPS) is 14.9. The van der Waals surface area contributed by atoms with Crippen LogP contribution in [-0.2, 0) is 12.7 Å². The molecule has 1 fully saturated rings. The number of halogens is 4. The molecule has 1 aliphatic rings. The van der Waals surface area contributed by atoms with Crippen molar-refractivity contribution in [1.29, 1.82) is 0 Å². The van der Waals surface area contributed by atoms with Gasteiger partial charge in [-0.05, 0) is 48.7 Å². The second kappa shape index (κ2) is 9.38. The van der Waals surface area contributed by atoms with Crippen LogP contribution in [0.1, 0.15) is 35.7 Å². The average Bonchev–Trinajstić information content (AvgIpc) is 2.84. The molecule has 188 valence electrons. The Morgan fingerprint density at radius 3 is 2.47 bits per heavy atom. The van der Waals surface area contributed by atoms with E-state index in [0.29, 0.717) is 54.5 Å². The Kier molecular flexibility index (Phi) is 6.25. The number of anilines is 1. The lowest BCUT2D eigenvalue weighted by molar-refractivity contribution is -0.137. The van der Waals surface area contributed by atoms with Crippen LogP contribution in [0.25, 0.3) is 11.2 Å². The Labute approximate surface area is 208 Å². The topological polar surface area (TPSA) is 99.1 Å². The minimum Gasteiger partial charge on any atom is -0.492 e. The quantitative estimate of drug-likeness (QED) is 0.327. The Morgan fingerprint density at radius 1 is 1.11 bits per heavy atom. The van der Waals surface area contributed by atoms with Crippen LogP contribution in [0.15, 0.2) is 48.5 Å². The molecule has 0 unspecified atom stereocenters. The highest BCUT2D eigenvalue weighted by Crippen LogP contribution is 2.32. The molecule has 3 N–H and O–H groups in total. The van der Waals surface area contributed by atoms with E-state index in [1.54, 1.807) is 9.58 Å². The fourth-order valence-electron chi connectivity index (χ4n) is 4.26. The fraction of sp³-hybridized carbons (Fsp3) is 0.292. The van der Waals surface area contributed by atoms with Crippen molar-refractivity contribution in [3.05, 3.63) is 70.5 Å². The van der Waals surface area contributed by atoms with E-state index in [2.05, 4.69) is 20.4 Å². The van der Waals surface area contributed by atoms with Gasteiger partial charge >= 0.3 is 12.2 Å². The van der Waals surface area contributed by atoms with Crippen molar-refractivity contribution in [1.82, 2.24) is 24.6 Å². The number of benzene rings is 2. The van der Waals surface area contributed by atoms with Crippen LogP contribution >= 0.6 is 11.6 Å². The summed E-state index contributed by atoms with van der Waals surface area (Å²) in [5.74, 6) is 0.312. The van der Waals surface area contributed by atoms with Crippen LogP contribution in [0.3, 0.4) is 0 Å². The largest absolute Gasteiger partial charge is 0.492 e. The standard InChI is InChI=1S/C24H22ClF3N6O2/c25-18-4-2-1-3-15(18)13-34-21-19(32-34)22(35)31-20(30-21)14-9-11-33(12-10-14)23(36)29-17-7-5-16(6-8-17)24(26,27)28/h1-8,14,32H,9-13H2,(H,29,36)(H,30,31,35). The number of rotatable bonds is 4. The first-order valence-corrected chi connectivity index (χ1v) is 11.7. The monoisotopic (exact) mass is 518 g/mol. The van der Waals surface area contributed by atoms with Gasteiger partial charge in [-0.25, -0.2) is 9.78 Å². The molecule has 4 aromatic rings. The van der Waals surface area contributed by atoms with E-state index in [1.807, 2.05) is 24.3 Å². The Hall–Kier alpha value is -3.73. The maximum Gasteiger partial charge on any atom is 0.416 e. The summed E-state index contributed by atoms with van der Waals surface area (Å²) in [6, 6.07) is 11.4. The lowest BCUT2D eigenvalue weighted by Gasteiger charge is -2.31. The molecule has 1 aliphatic heterocycles. The SMILES string of the molecule is O=C(Nc1ccc(C(F)(F)F)cc1)N1CCC(c2nc(O)c3[nH]n(Cc4ccccc4Cl)c3n2)CC1. The first-order valence-electron chi connectivity index (χ1n) is 11.3. The number of nitrogens with zero attached hydrogens (tertiary/aromatic N) is 4. The molecule has 8 nitrogen and oxygen atoms in total. The van der Waals surface area contributed by atoms with Crippen molar-refractivity contribution >= 4 is 34.5 Å². The maximum absolute atomic E-state index is 12.7. The number of piperidine rings is 1. The number of likely N-dealkylation sites (tertiary alicyclic amines) is 1. The molecule has 12 heteroatoms. The summed E-state index contributed by atoms with van der Waals surface area (Å²) in [5.41, 5.74) is 1.46. The van der Waals surface area contributed by atoms with Crippen LogP contribution in [0, 0.1) is 0 Å². The first kappa shape index (κ1) is 24.0. The second-order valence-electron chi connectivity index (χ2n) is 8.66. The van der Waals surface area contributed by atoms with E-state index < -0.39 is 11.7 Å². The molecular formula is C24H22ClF3N6O2. The molecule has 36 heavy (non-hydrogen) atoms. The van der Waals surface area contributed by atoms with Gasteiger partial charge in [0.25, 0.3) is 0 Å². The third kappa shape index (κ3) is 4.83. The van der Waals surface area contributed by atoms with Gasteiger partial charge in [0.2, 0.25) is 5.88 Å². The van der Waals surface area contributed by atoms with Crippen molar-refractivity contribution in [3.63, 3.8) is 0 Å². The molecule has 0 spiro atoms. The van der Waals surface area contributed by atoms with Gasteiger partial charge in [-0.15, -0.1) is 0 Å². The highest BCUT2D eigenvalue weighted by molar-refractivity contribution is 6.31. The number of hydrogen-bond donors (Lipinski definition) is 3. The number of urea groups is 1. The molecule has 0 saturated carbocycles. The number of H-pyrrole nitrogens is 1. The van der Waals surface area contributed by atoms with Crippen LogP contribution in [-0.4, -0.2) is 48.9 Å². The zero-order valence-corrected chi connectivity index (χ0v) is 19.6. The first-order chi connectivity index (χ1) is 17.2. The maximum atomic E-state index is 12.7. The number of carbonyl (C=O) groups excluding carboxylic acids is 1. The van der Waals surface area contributed by atoms with Crippen LogP contribution < -0.4 is 5.32 Å². The minimum absolute atomic E-state index is 0.0564. The summed E-state index contributed by atoms with van der Waals surface area (Å²) in [7, 11) is 0. The molecule has 2 amide bonds. The lowest BCUT2D eigenvalue weighted by Crippen LogP contribution is -2.40. The highest BCUT2D eigenvalue weighted by atomic mass is 35.5. The highest BCUT2D eigenvalue weighted by Gasteiger charge is 2.30. The van der Waals surface area contributed by atoms with Crippen molar-refractivity contribution in [2.75, 3.05) is 18.4 Å². The molecule has 0 aliphatic carbocycles. The number of hydrogen-bond acceptors (Lipinski definition) is 4. The molecule has 1 saturated heterocycles. The Bertz CT molecular complexity index is 1390. The number of aromatic nitrogens is 4. The predicted molar refractivity (Wildman–Crippen MR) is 128 cm³/mol. The van der Waals surface area contributed by atoms with Gasteiger partial charge in [-0.2, -0.15) is 18.2 Å². The van der Waals surface area contributed by atoms with E-state index >= 15 is 0 Å². The summed E-state index contributed by atoms with van der Waals surface area (Å²) in [4.78, 5) is 23.1. The number of fused-ring (bicyclic) bond motifs is 1. The van der Waals surface area contributed by atoms with Crippen molar-refractivity contribution < 1.29 is 23.1 Å². The smallest absolute Gasteiger partial charge is 0.416 e.